The van der Waals surface area contributed by atoms with E-state index in [-0.39, 0.29) is 11.4 Å². The molecule has 1 saturated carbocycles. The molecule has 0 amide bonds. The van der Waals surface area contributed by atoms with E-state index in [1.165, 1.54) is 31.2 Å². The number of hydrogen-bond donors (Lipinski definition) is 1. The molecule has 3 atom stereocenters. The van der Waals surface area contributed by atoms with Gasteiger partial charge in [-0.05, 0) is 60.8 Å². The Bertz CT molecular complexity index is 456. The molecule has 2 N–H and O–H groups in total. The first-order chi connectivity index (χ1) is 8.59. The summed E-state index contributed by atoms with van der Waals surface area (Å²) in [7, 11) is 0. The van der Waals surface area contributed by atoms with Gasteiger partial charge in [0.25, 0.3) is 0 Å². The third-order valence-corrected chi connectivity index (χ3v) is 5.04. The van der Waals surface area contributed by atoms with E-state index in [1.807, 2.05) is 6.07 Å². The maximum absolute atomic E-state index is 13.3. The largest absolute Gasteiger partial charge is 0.321 e. The number of aryl methyl sites for hydroxylation is 1. The van der Waals surface area contributed by atoms with Gasteiger partial charge in [-0.25, -0.2) is 4.39 Å². The second-order valence-corrected chi connectivity index (χ2v) is 6.31. The van der Waals surface area contributed by atoms with Gasteiger partial charge in [-0.3, -0.25) is 0 Å². The molecule has 1 aromatic carbocycles. The van der Waals surface area contributed by atoms with Crippen LogP contribution in [0.5, 0.6) is 0 Å². The van der Waals surface area contributed by atoms with Gasteiger partial charge < -0.3 is 5.73 Å². The van der Waals surface area contributed by atoms with Crippen molar-refractivity contribution in [2.24, 2.45) is 17.6 Å². The molecule has 2 heteroatoms. The fraction of sp³-hybridized carbons (Fsp3) is 0.625. The second-order valence-electron chi connectivity index (χ2n) is 6.31. The lowest BCUT2D eigenvalue weighted by Crippen LogP contribution is -2.44. The van der Waals surface area contributed by atoms with Crippen molar-refractivity contribution in [2.45, 2.75) is 51.0 Å². The zero-order valence-corrected chi connectivity index (χ0v) is 11.1. The first-order valence-electron chi connectivity index (χ1n) is 7.17. The maximum atomic E-state index is 13.3. The normalized spacial score (nSPS) is 35.5. The minimum Gasteiger partial charge on any atom is -0.321 e. The van der Waals surface area contributed by atoms with Gasteiger partial charge in [-0.2, -0.15) is 0 Å². The third-order valence-electron chi connectivity index (χ3n) is 5.04. The number of halogens is 1. The lowest BCUT2D eigenvalue weighted by atomic mass is 9.69. The van der Waals surface area contributed by atoms with Crippen LogP contribution in [0.25, 0.3) is 0 Å². The Morgan fingerprint density at radius 3 is 2.94 bits per heavy atom. The van der Waals surface area contributed by atoms with Gasteiger partial charge in [-0.1, -0.05) is 25.8 Å². The molecule has 1 fully saturated rings. The van der Waals surface area contributed by atoms with Gasteiger partial charge in [0.05, 0.1) is 0 Å². The Morgan fingerprint density at radius 1 is 1.33 bits per heavy atom. The molecule has 3 rings (SSSR count). The summed E-state index contributed by atoms with van der Waals surface area (Å²) in [6.07, 6.45) is 7.02. The van der Waals surface area contributed by atoms with Crippen LogP contribution >= 0.6 is 0 Å². The van der Waals surface area contributed by atoms with E-state index in [9.17, 15) is 4.39 Å². The highest BCUT2D eigenvalue weighted by molar-refractivity contribution is 5.39. The minimum absolute atomic E-state index is 0.130. The van der Waals surface area contributed by atoms with Crippen molar-refractivity contribution in [3.63, 3.8) is 0 Å². The van der Waals surface area contributed by atoms with E-state index in [4.69, 9.17) is 5.73 Å². The number of nitrogens with two attached hydrogens (primary N) is 1. The Labute approximate surface area is 109 Å². The molecule has 0 aromatic heterocycles. The lowest BCUT2D eigenvalue weighted by Gasteiger charge is -2.39. The van der Waals surface area contributed by atoms with E-state index < -0.39 is 0 Å². The van der Waals surface area contributed by atoms with E-state index >= 15 is 0 Å². The molecule has 0 bridgehead atoms. The number of fused-ring (bicyclic) bond motifs is 1. The molecule has 1 aromatic rings. The van der Waals surface area contributed by atoms with Crippen molar-refractivity contribution >= 4 is 0 Å². The molecule has 0 saturated heterocycles. The van der Waals surface area contributed by atoms with Gasteiger partial charge in [0.2, 0.25) is 0 Å². The molecule has 18 heavy (non-hydrogen) atoms. The third kappa shape index (κ3) is 1.87. The van der Waals surface area contributed by atoms with E-state index in [2.05, 4.69) is 6.92 Å². The molecule has 0 radical (unpaired) electrons. The number of benzene rings is 1. The average Bonchev–Trinajstić information content (AvgIpc) is 2.68. The van der Waals surface area contributed by atoms with E-state index in [1.54, 1.807) is 12.1 Å². The smallest absolute Gasteiger partial charge is 0.123 e. The average molecular weight is 247 g/mol. The van der Waals surface area contributed by atoms with E-state index in [0.29, 0.717) is 5.92 Å². The van der Waals surface area contributed by atoms with Crippen LogP contribution in [-0.4, -0.2) is 0 Å². The van der Waals surface area contributed by atoms with Crippen LogP contribution in [-0.2, 0) is 12.0 Å². The molecule has 98 valence electrons. The quantitative estimate of drug-likeness (QED) is 0.803. The molecule has 0 heterocycles. The maximum Gasteiger partial charge on any atom is 0.123 e. The molecular formula is C16H22FN. The predicted molar refractivity (Wildman–Crippen MR) is 71.7 cm³/mol. The van der Waals surface area contributed by atoms with Crippen molar-refractivity contribution in [1.82, 2.24) is 0 Å². The fourth-order valence-corrected chi connectivity index (χ4v) is 4.03. The van der Waals surface area contributed by atoms with Gasteiger partial charge in [0.1, 0.15) is 5.82 Å². The summed E-state index contributed by atoms with van der Waals surface area (Å²) in [6, 6.07) is 5.17. The van der Waals surface area contributed by atoms with Crippen molar-refractivity contribution < 1.29 is 4.39 Å². The highest BCUT2D eigenvalue weighted by Gasteiger charge is 2.42. The molecule has 0 spiro atoms. The highest BCUT2D eigenvalue weighted by atomic mass is 19.1. The van der Waals surface area contributed by atoms with Crippen LogP contribution in [0, 0.1) is 17.7 Å². The van der Waals surface area contributed by atoms with Gasteiger partial charge in [-0.15, -0.1) is 0 Å². The summed E-state index contributed by atoms with van der Waals surface area (Å²) in [5.74, 6) is 1.23. The van der Waals surface area contributed by atoms with Crippen LogP contribution in [0.3, 0.4) is 0 Å². The van der Waals surface area contributed by atoms with Crippen molar-refractivity contribution in [2.75, 3.05) is 0 Å². The standard InChI is InChI=1S/C16H22FN/c1-11-3-2-4-13(9-11)16(18)8-7-12-10-14(17)5-6-15(12)16/h5-6,10-11,13H,2-4,7-9,18H2,1H3. The van der Waals surface area contributed by atoms with Crippen LogP contribution in [0.1, 0.15) is 50.2 Å². The lowest BCUT2D eigenvalue weighted by molar-refractivity contribution is 0.171. The minimum atomic E-state index is -0.197. The SMILES string of the molecule is CC1CCCC(C2(N)CCc3cc(F)ccc32)C1. The van der Waals surface area contributed by atoms with Gasteiger partial charge in [0, 0.05) is 5.54 Å². The predicted octanol–water partition coefficient (Wildman–Crippen LogP) is 3.75. The Morgan fingerprint density at radius 2 is 2.17 bits per heavy atom. The molecule has 2 aliphatic rings. The zero-order valence-electron chi connectivity index (χ0n) is 11.1. The molecule has 3 unspecified atom stereocenters. The topological polar surface area (TPSA) is 26.0 Å². The summed E-state index contributed by atoms with van der Waals surface area (Å²) in [4.78, 5) is 0. The summed E-state index contributed by atoms with van der Waals surface area (Å²) < 4.78 is 13.3. The van der Waals surface area contributed by atoms with Gasteiger partial charge >= 0.3 is 0 Å². The van der Waals surface area contributed by atoms with Crippen molar-refractivity contribution in [3.05, 3.63) is 35.1 Å². The van der Waals surface area contributed by atoms with Crippen LogP contribution in [0.2, 0.25) is 0 Å². The Kier molecular flexibility index (Phi) is 2.93. The van der Waals surface area contributed by atoms with Crippen molar-refractivity contribution in [1.29, 1.82) is 0 Å². The summed E-state index contributed by atoms with van der Waals surface area (Å²) in [6.45, 7) is 2.33. The summed E-state index contributed by atoms with van der Waals surface area (Å²) >= 11 is 0. The first kappa shape index (κ1) is 12.2. The molecule has 2 aliphatic carbocycles. The Balaban J connectivity index is 1.93. The first-order valence-corrected chi connectivity index (χ1v) is 7.17. The summed E-state index contributed by atoms with van der Waals surface area (Å²) in [5, 5.41) is 0. The molecule has 1 nitrogen and oxygen atoms in total. The molecule has 0 aliphatic heterocycles. The number of rotatable bonds is 1. The number of hydrogen-bond acceptors (Lipinski definition) is 1. The van der Waals surface area contributed by atoms with Crippen LogP contribution in [0.15, 0.2) is 18.2 Å². The van der Waals surface area contributed by atoms with Gasteiger partial charge in [0.15, 0.2) is 0 Å². The highest BCUT2D eigenvalue weighted by Crippen LogP contribution is 2.46. The molecular weight excluding hydrogens is 225 g/mol. The zero-order chi connectivity index (χ0) is 12.8. The fourth-order valence-electron chi connectivity index (χ4n) is 4.03. The van der Waals surface area contributed by atoms with Crippen molar-refractivity contribution in [3.8, 4) is 0 Å². The Hall–Kier alpha value is -0.890. The van der Waals surface area contributed by atoms with Crippen LogP contribution < -0.4 is 5.73 Å². The second kappa shape index (κ2) is 4.34. The van der Waals surface area contributed by atoms with Crippen LogP contribution in [0.4, 0.5) is 4.39 Å². The monoisotopic (exact) mass is 247 g/mol. The summed E-state index contributed by atoms with van der Waals surface area (Å²) in [5.41, 5.74) is 8.88. The van der Waals surface area contributed by atoms with E-state index in [0.717, 1.165) is 24.3 Å².